The Morgan fingerprint density at radius 2 is 2.09 bits per heavy atom. The number of halogens is 3. The second kappa shape index (κ2) is 5.52. The summed E-state index contributed by atoms with van der Waals surface area (Å²) in [7, 11) is 0. The number of nitrogens with two attached hydrogens (primary N) is 1. The van der Waals surface area contributed by atoms with E-state index in [1.165, 1.54) is 22.3 Å². The predicted molar refractivity (Wildman–Crippen MR) is 83.3 cm³/mol. The first-order valence-electron chi connectivity index (χ1n) is 7.02. The molecule has 8 heteroatoms. The maximum Gasteiger partial charge on any atom is 0.418 e. The Morgan fingerprint density at radius 3 is 2.61 bits per heavy atom. The molecule has 1 fully saturated rings. The molecule has 2 heterocycles. The van der Waals surface area contributed by atoms with Crippen LogP contribution in [0.25, 0.3) is 11.3 Å². The Kier molecular flexibility index (Phi) is 3.79. The Labute approximate surface area is 134 Å². The SMILES string of the molecule is Cc1sc(N)nc1-c1ccc(N2CCCC2=O)c(C(F)(F)F)c1. The molecular weight excluding hydrogens is 327 g/mol. The van der Waals surface area contributed by atoms with E-state index in [2.05, 4.69) is 4.98 Å². The van der Waals surface area contributed by atoms with Crippen molar-refractivity contribution in [3.63, 3.8) is 0 Å². The van der Waals surface area contributed by atoms with E-state index in [9.17, 15) is 18.0 Å². The van der Waals surface area contributed by atoms with Crippen LogP contribution in [-0.4, -0.2) is 17.4 Å². The van der Waals surface area contributed by atoms with E-state index in [4.69, 9.17) is 5.73 Å². The van der Waals surface area contributed by atoms with Crippen molar-refractivity contribution in [2.45, 2.75) is 25.9 Å². The quantitative estimate of drug-likeness (QED) is 0.903. The van der Waals surface area contributed by atoms with Crippen molar-refractivity contribution in [1.29, 1.82) is 0 Å². The lowest BCUT2D eigenvalue weighted by Crippen LogP contribution is -2.26. The van der Waals surface area contributed by atoms with Crippen LogP contribution in [-0.2, 0) is 11.0 Å². The van der Waals surface area contributed by atoms with Gasteiger partial charge in [-0.15, -0.1) is 11.3 Å². The number of alkyl halides is 3. The summed E-state index contributed by atoms with van der Waals surface area (Å²) in [5, 5.41) is 0.310. The molecule has 0 saturated carbocycles. The number of aromatic nitrogens is 1. The molecule has 1 aliphatic heterocycles. The maximum atomic E-state index is 13.4. The van der Waals surface area contributed by atoms with Crippen LogP contribution in [0.5, 0.6) is 0 Å². The summed E-state index contributed by atoms with van der Waals surface area (Å²) >= 11 is 1.23. The molecule has 1 aliphatic rings. The second-order valence-corrected chi connectivity index (χ2v) is 6.57. The fourth-order valence-electron chi connectivity index (χ4n) is 2.73. The third-order valence-electron chi connectivity index (χ3n) is 3.75. The number of anilines is 2. The lowest BCUT2D eigenvalue weighted by molar-refractivity contribution is -0.137. The number of hydrogen-bond donors (Lipinski definition) is 1. The molecule has 0 bridgehead atoms. The van der Waals surface area contributed by atoms with Crippen molar-refractivity contribution in [1.82, 2.24) is 4.98 Å². The van der Waals surface area contributed by atoms with Crippen molar-refractivity contribution in [3.8, 4) is 11.3 Å². The van der Waals surface area contributed by atoms with E-state index in [1.807, 2.05) is 0 Å². The van der Waals surface area contributed by atoms with Crippen LogP contribution < -0.4 is 10.6 Å². The number of carbonyl (C=O) groups is 1. The lowest BCUT2D eigenvalue weighted by Gasteiger charge is -2.21. The first-order valence-corrected chi connectivity index (χ1v) is 7.84. The Morgan fingerprint density at radius 1 is 1.35 bits per heavy atom. The molecule has 23 heavy (non-hydrogen) atoms. The van der Waals surface area contributed by atoms with Crippen molar-refractivity contribution in [3.05, 3.63) is 28.6 Å². The molecule has 2 aromatic rings. The van der Waals surface area contributed by atoms with Gasteiger partial charge in [0.1, 0.15) is 0 Å². The molecule has 1 saturated heterocycles. The molecule has 0 atom stereocenters. The summed E-state index contributed by atoms with van der Waals surface area (Å²) in [5.74, 6) is -0.280. The zero-order valence-electron chi connectivity index (χ0n) is 12.3. The normalized spacial score (nSPS) is 15.5. The first kappa shape index (κ1) is 15.8. The number of carbonyl (C=O) groups excluding carboxylic acids is 1. The van der Waals surface area contributed by atoms with E-state index in [0.29, 0.717) is 29.4 Å². The molecule has 0 aliphatic carbocycles. The number of rotatable bonds is 2. The first-order chi connectivity index (χ1) is 10.8. The average Bonchev–Trinajstić information content (AvgIpc) is 3.03. The van der Waals surface area contributed by atoms with Crippen LogP contribution in [0.3, 0.4) is 0 Å². The van der Waals surface area contributed by atoms with Gasteiger partial charge < -0.3 is 10.6 Å². The molecule has 1 aromatic carbocycles. The second-order valence-electron chi connectivity index (χ2n) is 5.34. The van der Waals surface area contributed by atoms with Gasteiger partial charge >= 0.3 is 6.18 Å². The van der Waals surface area contributed by atoms with E-state index in [0.717, 1.165) is 10.9 Å². The fourth-order valence-corrected chi connectivity index (χ4v) is 3.44. The van der Waals surface area contributed by atoms with E-state index in [-0.39, 0.29) is 18.0 Å². The molecule has 2 N–H and O–H groups in total. The summed E-state index contributed by atoms with van der Waals surface area (Å²) < 4.78 is 40.3. The number of amides is 1. The molecule has 0 spiro atoms. The summed E-state index contributed by atoms with van der Waals surface area (Å²) in [5.41, 5.74) is 5.49. The summed E-state index contributed by atoms with van der Waals surface area (Å²) in [4.78, 5) is 17.8. The van der Waals surface area contributed by atoms with Crippen molar-refractivity contribution < 1.29 is 18.0 Å². The molecule has 0 unspecified atom stereocenters. The highest BCUT2D eigenvalue weighted by atomic mass is 32.1. The Balaban J connectivity index is 2.13. The van der Waals surface area contributed by atoms with Crippen LogP contribution in [0.1, 0.15) is 23.3 Å². The van der Waals surface area contributed by atoms with E-state index >= 15 is 0 Å². The summed E-state index contributed by atoms with van der Waals surface area (Å²) in [6.07, 6.45) is -3.70. The van der Waals surface area contributed by atoms with Gasteiger partial charge in [-0.3, -0.25) is 4.79 Å². The maximum absolute atomic E-state index is 13.4. The van der Waals surface area contributed by atoms with Gasteiger partial charge in [-0.05, 0) is 25.5 Å². The number of aryl methyl sites for hydroxylation is 1. The van der Waals surface area contributed by atoms with Crippen LogP contribution in [0.15, 0.2) is 18.2 Å². The standard InChI is InChI=1S/C15H14F3N3OS/c1-8-13(20-14(19)23-8)9-4-5-11(10(7-9)15(16,17)18)21-6-2-3-12(21)22/h4-5,7H,2-3,6H2,1H3,(H2,19,20). The highest BCUT2D eigenvalue weighted by Gasteiger charge is 2.37. The van der Waals surface area contributed by atoms with Crippen LogP contribution >= 0.6 is 11.3 Å². The van der Waals surface area contributed by atoms with Crippen molar-refractivity contribution >= 4 is 28.1 Å². The lowest BCUT2D eigenvalue weighted by atomic mass is 10.0. The third-order valence-corrected chi connectivity index (χ3v) is 4.55. The molecule has 4 nitrogen and oxygen atoms in total. The topological polar surface area (TPSA) is 59.2 Å². The smallest absolute Gasteiger partial charge is 0.375 e. The number of thiazole rings is 1. The van der Waals surface area contributed by atoms with Gasteiger partial charge in [-0.25, -0.2) is 4.98 Å². The number of hydrogen-bond acceptors (Lipinski definition) is 4. The molecule has 3 rings (SSSR count). The van der Waals surface area contributed by atoms with Gasteiger partial charge in [0.05, 0.1) is 16.9 Å². The summed E-state index contributed by atoms with van der Waals surface area (Å²) in [6, 6.07) is 3.94. The van der Waals surface area contributed by atoms with E-state index in [1.54, 1.807) is 13.0 Å². The van der Waals surface area contributed by atoms with Gasteiger partial charge in [0, 0.05) is 23.4 Å². The monoisotopic (exact) mass is 341 g/mol. The fraction of sp³-hybridized carbons (Fsp3) is 0.333. The highest BCUT2D eigenvalue weighted by Crippen LogP contribution is 2.41. The van der Waals surface area contributed by atoms with Crippen LogP contribution in [0.4, 0.5) is 24.0 Å². The largest absolute Gasteiger partial charge is 0.418 e. The van der Waals surface area contributed by atoms with Crippen molar-refractivity contribution in [2.24, 2.45) is 0 Å². The minimum absolute atomic E-state index is 0.0930. The van der Waals surface area contributed by atoms with Gasteiger partial charge in [-0.2, -0.15) is 13.2 Å². The number of nitrogens with zero attached hydrogens (tertiary/aromatic N) is 2. The molecule has 1 aromatic heterocycles. The summed E-state index contributed by atoms with van der Waals surface area (Å²) in [6.45, 7) is 2.07. The predicted octanol–water partition coefficient (Wildman–Crippen LogP) is 3.85. The number of benzene rings is 1. The third kappa shape index (κ3) is 2.90. The van der Waals surface area contributed by atoms with Gasteiger partial charge in [-0.1, -0.05) is 6.07 Å². The van der Waals surface area contributed by atoms with Gasteiger partial charge in [0.15, 0.2) is 5.13 Å². The number of nitrogen functional groups attached to an aromatic ring is 1. The average molecular weight is 341 g/mol. The van der Waals surface area contributed by atoms with Crippen molar-refractivity contribution in [2.75, 3.05) is 17.2 Å². The Bertz CT molecular complexity index is 770. The van der Waals surface area contributed by atoms with Crippen LogP contribution in [0.2, 0.25) is 0 Å². The molecule has 1 amide bonds. The zero-order valence-corrected chi connectivity index (χ0v) is 13.1. The minimum atomic E-state index is -4.55. The minimum Gasteiger partial charge on any atom is -0.375 e. The highest BCUT2D eigenvalue weighted by molar-refractivity contribution is 7.15. The Hall–Kier alpha value is -2.09. The van der Waals surface area contributed by atoms with Crippen LogP contribution in [0, 0.1) is 6.92 Å². The van der Waals surface area contributed by atoms with Gasteiger partial charge in [0.2, 0.25) is 5.91 Å². The van der Waals surface area contributed by atoms with E-state index < -0.39 is 11.7 Å². The molecular formula is C15H14F3N3OS. The zero-order chi connectivity index (χ0) is 16.8. The molecule has 122 valence electrons. The molecule has 0 radical (unpaired) electrons. The van der Waals surface area contributed by atoms with Gasteiger partial charge in [0.25, 0.3) is 0 Å².